The first kappa shape index (κ1) is 15.8. The minimum absolute atomic E-state index is 0.109. The number of thiophene rings is 1. The molecular weight excluding hydrogens is 325 g/mol. The molecule has 2 rings (SSSR count). The average molecular weight is 337 g/mol. The first-order valence-corrected chi connectivity index (χ1v) is 7.26. The van der Waals surface area contributed by atoms with E-state index in [0.29, 0.717) is 17.4 Å². The SMILES string of the molecule is CCNc1cc(NCc2ccc(Cl)s2)nc(C(F)(F)F)n1. The molecule has 0 aliphatic heterocycles. The van der Waals surface area contributed by atoms with Gasteiger partial charge in [0.05, 0.1) is 10.9 Å². The Hall–Kier alpha value is -1.54. The van der Waals surface area contributed by atoms with Crippen molar-refractivity contribution in [1.29, 1.82) is 0 Å². The van der Waals surface area contributed by atoms with Gasteiger partial charge < -0.3 is 10.6 Å². The van der Waals surface area contributed by atoms with Gasteiger partial charge in [0.15, 0.2) is 0 Å². The van der Waals surface area contributed by atoms with Gasteiger partial charge in [-0.3, -0.25) is 0 Å². The van der Waals surface area contributed by atoms with E-state index in [1.165, 1.54) is 17.4 Å². The summed E-state index contributed by atoms with van der Waals surface area (Å²) in [4.78, 5) is 7.84. The van der Waals surface area contributed by atoms with Gasteiger partial charge in [-0.1, -0.05) is 11.6 Å². The van der Waals surface area contributed by atoms with Crippen molar-refractivity contribution < 1.29 is 13.2 Å². The largest absolute Gasteiger partial charge is 0.451 e. The van der Waals surface area contributed by atoms with E-state index in [-0.39, 0.29) is 11.6 Å². The summed E-state index contributed by atoms with van der Waals surface area (Å²) in [5.74, 6) is -0.933. The molecule has 0 atom stereocenters. The molecule has 0 unspecified atom stereocenters. The Labute approximate surface area is 128 Å². The summed E-state index contributed by atoms with van der Waals surface area (Å²) in [6.07, 6.45) is -4.59. The third-order valence-corrected chi connectivity index (χ3v) is 3.64. The highest BCUT2D eigenvalue weighted by atomic mass is 35.5. The maximum absolute atomic E-state index is 12.8. The molecule has 0 radical (unpaired) electrons. The molecule has 0 aromatic carbocycles. The second-order valence-electron chi connectivity index (χ2n) is 4.05. The van der Waals surface area contributed by atoms with E-state index in [1.54, 1.807) is 19.1 Å². The van der Waals surface area contributed by atoms with Crippen molar-refractivity contribution in [2.24, 2.45) is 0 Å². The van der Waals surface area contributed by atoms with Crippen molar-refractivity contribution in [2.45, 2.75) is 19.6 Å². The van der Waals surface area contributed by atoms with Gasteiger partial charge >= 0.3 is 6.18 Å². The zero-order valence-electron chi connectivity index (χ0n) is 11.0. The number of anilines is 2. The standard InChI is InChI=1S/C12H12ClF3N4S/c1-2-17-9-5-10(20-11(19-9)12(14,15)16)18-6-7-3-4-8(13)21-7/h3-5H,2,6H2,1H3,(H2,17,18,19,20). The Bertz CT molecular complexity index is 615. The minimum atomic E-state index is -4.59. The monoisotopic (exact) mass is 336 g/mol. The molecule has 0 saturated carbocycles. The molecule has 2 N–H and O–H groups in total. The molecule has 2 aromatic heterocycles. The zero-order valence-corrected chi connectivity index (χ0v) is 12.5. The predicted octanol–water partition coefficient (Wildman–Crippen LogP) is 4.25. The van der Waals surface area contributed by atoms with Crippen molar-refractivity contribution in [1.82, 2.24) is 9.97 Å². The van der Waals surface area contributed by atoms with E-state index >= 15 is 0 Å². The lowest BCUT2D eigenvalue weighted by molar-refractivity contribution is -0.144. The third kappa shape index (κ3) is 4.47. The summed E-state index contributed by atoms with van der Waals surface area (Å²) < 4.78 is 38.9. The maximum Gasteiger partial charge on any atom is 0.451 e. The molecule has 9 heteroatoms. The second-order valence-corrected chi connectivity index (χ2v) is 5.85. The van der Waals surface area contributed by atoms with Gasteiger partial charge in [-0.05, 0) is 19.1 Å². The number of nitrogens with one attached hydrogen (secondary N) is 2. The summed E-state index contributed by atoms with van der Waals surface area (Å²) in [7, 11) is 0. The van der Waals surface area contributed by atoms with Gasteiger partial charge in [0.25, 0.3) is 0 Å². The van der Waals surface area contributed by atoms with Crippen LogP contribution < -0.4 is 10.6 Å². The number of rotatable bonds is 5. The van der Waals surface area contributed by atoms with E-state index in [4.69, 9.17) is 11.6 Å². The maximum atomic E-state index is 12.8. The topological polar surface area (TPSA) is 49.8 Å². The number of hydrogen-bond donors (Lipinski definition) is 2. The van der Waals surface area contributed by atoms with Crippen LogP contribution in [0.25, 0.3) is 0 Å². The summed E-state index contributed by atoms with van der Waals surface area (Å²) >= 11 is 7.15. The highest BCUT2D eigenvalue weighted by molar-refractivity contribution is 7.16. The summed E-state index contributed by atoms with van der Waals surface area (Å²) in [6, 6.07) is 4.97. The van der Waals surface area contributed by atoms with Crippen LogP contribution >= 0.6 is 22.9 Å². The van der Waals surface area contributed by atoms with Gasteiger partial charge in [-0.2, -0.15) is 13.2 Å². The molecular formula is C12H12ClF3N4S. The van der Waals surface area contributed by atoms with E-state index in [0.717, 1.165) is 4.88 Å². The Morgan fingerprint density at radius 1 is 1.19 bits per heavy atom. The van der Waals surface area contributed by atoms with E-state index in [2.05, 4.69) is 20.6 Å². The van der Waals surface area contributed by atoms with Crippen LogP contribution in [0.4, 0.5) is 24.8 Å². The van der Waals surface area contributed by atoms with Crippen molar-refractivity contribution in [3.05, 3.63) is 33.2 Å². The Balaban J connectivity index is 2.19. The number of aromatic nitrogens is 2. The molecule has 0 amide bonds. The molecule has 0 fully saturated rings. The lowest BCUT2D eigenvalue weighted by atomic mass is 10.4. The zero-order chi connectivity index (χ0) is 15.5. The molecule has 4 nitrogen and oxygen atoms in total. The van der Waals surface area contributed by atoms with Crippen LogP contribution in [0.15, 0.2) is 18.2 Å². The molecule has 0 bridgehead atoms. The third-order valence-electron chi connectivity index (χ3n) is 2.41. The Morgan fingerprint density at radius 3 is 2.38 bits per heavy atom. The van der Waals surface area contributed by atoms with Gasteiger partial charge in [0.1, 0.15) is 11.6 Å². The van der Waals surface area contributed by atoms with Gasteiger partial charge in [0, 0.05) is 17.5 Å². The number of hydrogen-bond acceptors (Lipinski definition) is 5. The fourth-order valence-electron chi connectivity index (χ4n) is 1.56. The quantitative estimate of drug-likeness (QED) is 0.856. The number of nitrogens with zero attached hydrogens (tertiary/aromatic N) is 2. The van der Waals surface area contributed by atoms with Gasteiger partial charge in [0.2, 0.25) is 5.82 Å². The van der Waals surface area contributed by atoms with Gasteiger partial charge in [-0.15, -0.1) is 11.3 Å². The van der Waals surface area contributed by atoms with Crippen LogP contribution in [-0.4, -0.2) is 16.5 Å². The molecule has 0 saturated heterocycles. The van der Waals surface area contributed by atoms with Crippen molar-refractivity contribution >= 4 is 34.6 Å². The molecule has 21 heavy (non-hydrogen) atoms. The molecule has 0 aliphatic rings. The fourth-order valence-corrected chi connectivity index (χ4v) is 2.59. The molecule has 0 aliphatic carbocycles. The second kappa shape index (κ2) is 6.48. The molecule has 2 aromatic rings. The predicted molar refractivity (Wildman–Crippen MR) is 77.9 cm³/mol. The van der Waals surface area contributed by atoms with Crippen molar-refractivity contribution in [2.75, 3.05) is 17.2 Å². The normalized spacial score (nSPS) is 11.5. The number of alkyl halides is 3. The average Bonchev–Trinajstić information content (AvgIpc) is 2.81. The molecule has 0 spiro atoms. The van der Waals surface area contributed by atoms with Crippen LogP contribution in [0.3, 0.4) is 0 Å². The Kier molecular flexibility index (Phi) is 4.89. The van der Waals surface area contributed by atoms with E-state index in [1.807, 2.05) is 0 Å². The summed E-state index contributed by atoms with van der Waals surface area (Å²) in [5, 5.41) is 5.60. The highest BCUT2D eigenvalue weighted by Crippen LogP contribution is 2.28. The first-order valence-electron chi connectivity index (χ1n) is 6.06. The van der Waals surface area contributed by atoms with Gasteiger partial charge in [-0.25, -0.2) is 9.97 Å². The fraction of sp³-hybridized carbons (Fsp3) is 0.333. The lowest BCUT2D eigenvalue weighted by Crippen LogP contribution is -2.15. The smallest absolute Gasteiger partial charge is 0.370 e. The Morgan fingerprint density at radius 2 is 1.86 bits per heavy atom. The lowest BCUT2D eigenvalue weighted by Gasteiger charge is -2.11. The van der Waals surface area contributed by atoms with Crippen molar-refractivity contribution in [3.8, 4) is 0 Å². The van der Waals surface area contributed by atoms with Crippen LogP contribution in [-0.2, 0) is 12.7 Å². The van der Waals surface area contributed by atoms with Crippen LogP contribution in [0.5, 0.6) is 0 Å². The number of halogens is 4. The van der Waals surface area contributed by atoms with Crippen LogP contribution in [0.2, 0.25) is 4.34 Å². The van der Waals surface area contributed by atoms with Crippen LogP contribution in [0.1, 0.15) is 17.6 Å². The highest BCUT2D eigenvalue weighted by Gasteiger charge is 2.35. The first-order chi connectivity index (χ1) is 9.88. The molecule has 114 valence electrons. The van der Waals surface area contributed by atoms with E-state index in [9.17, 15) is 13.2 Å². The molecule has 2 heterocycles. The van der Waals surface area contributed by atoms with Crippen molar-refractivity contribution in [3.63, 3.8) is 0 Å². The minimum Gasteiger partial charge on any atom is -0.370 e. The van der Waals surface area contributed by atoms with E-state index < -0.39 is 12.0 Å². The van der Waals surface area contributed by atoms with Crippen LogP contribution in [0, 0.1) is 0 Å². The summed E-state index contributed by atoms with van der Waals surface area (Å²) in [5.41, 5.74) is 0. The summed E-state index contributed by atoms with van der Waals surface area (Å²) in [6.45, 7) is 2.58.